The number of hydrogen-bond donors (Lipinski definition) is 2. The smallest absolute Gasteiger partial charge is 0.319 e. The first kappa shape index (κ1) is 22.1. The molecule has 4 heterocycles. The number of anilines is 1. The van der Waals surface area contributed by atoms with Crippen LogP contribution in [0.1, 0.15) is 41.3 Å². The van der Waals surface area contributed by atoms with Crippen molar-refractivity contribution in [1.29, 1.82) is 0 Å². The zero-order valence-electron chi connectivity index (χ0n) is 19.4. The molecule has 2 aromatic rings. The molecule has 0 saturated carbocycles. The summed E-state index contributed by atoms with van der Waals surface area (Å²) in [5.41, 5.74) is 4.36. The molecule has 2 bridgehead atoms. The van der Waals surface area contributed by atoms with E-state index in [9.17, 15) is 9.59 Å². The molecule has 0 aliphatic carbocycles. The molecule has 3 fully saturated rings. The minimum Gasteiger partial charge on any atom is -0.336 e. The van der Waals surface area contributed by atoms with Gasteiger partial charge in [0.15, 0.2) is 5.78 Å². The van der Waals surface area contributed by atoms with E-state index in [0.717, 1.165) is 37.9 Å². The summed E-state index contributed by atoms with van der Waals surface area (Å²) in [5, 5.41) is 5.94. The standard InChI is InChI=1S/C27H34N4O2/c1-19(32)20-6-8-25(9-7-20)29-27(33)28-15-26-14-22-11-13-31(26)18-24(22)17-30-12-10-21-4-2-3-5-23(21)16-30/h2-9,22,24,26H,10-18H2,1H3,(H2,28,29,33)/t22-,24+,26+/m1/s1. The molecule has 0 spiro atoms. The molecule has 33 heavy (non-hydrogen) atoms. The second kappa shape index (κ2) is 9.65. The van der Waals surface area contributed by atoms with Crippen molar-refractivity contribution in [3.63, 3.8) is 0 Å². The highest BCUT2D eigenvalue weighted by Gasteiger charge is 2.40. The molecular weight excluding hydrogens is 412 g/mol. The van der Waals surface area contributed by atoms with E-state index in [1.54, 1.807) is 31.2 Å². The topological polar surface area (TPSA) is 64.7 Å². The van der Waals surface area contributed by atoms with E-state index >= 15 is 0 Å². The number of hydrogen-bond acceptors (Lipinski definition) is 4. The number of piperidine rings is 3. The maximum atomic E-state index is 12.4. The van der Waals surface area contributed by atoms with Gasteiger partial charge in [-0.1, -0.05) is 24.3 Å². The van der Waals surface area contributed by atoms with Crippen LogP contribution in [-0.2, 0) is 13.0 Å². The van der Waals surface area contributed by atoms with Gasteiger partial charge in [-0.15, -0.1) is 0 Å². The lowest BCUT2D eigenvalue weighted by Crippen LogP contribution is -2.58. The Balaban J connectivity index is 1.09. The lowest BCUT2D eigenvalue weighted by atomic mass is 9.75. The zero-order chi connectivity index (χ0) is 22.8. The number of rotatable bonds is 6. The van der Waals surface area contributed by atoms with E-state index in [0.29, 0.717) is 23.8 Å². The van der Waals surface area contributed by atoms with Gasteiger partial charge in [-0.25, -0.2) is 4.79 Å². The van der Waals surface area contributed by atoms with E-state index in [4.69, 9.17) is 0 Å². The van der Waals surface area contributed by atoms with Crippen LogP contribution in [0.5, 0.6) is 0 Å². The van der Waals surface area contributed by atoms with Crippen molar-refractivity contribution >= 4 is 17.5 Å². The summed E-state index contributed by atoms with van der Waals surface area (Å²) in [5.74, 6) is 1.51. The van der Waals surface area contributed by atoms with Gasteiger partial charge in [0.1, 0.15) is 0 Å². The van der Waals surface area contributed by atoms with Crippen molar-refractivity contribution in [3.05, 3.63) is 65.2 Å². The van der Waals surface area contributed by atoms with E-state index < -0.39 is 0 Å². The molecule has 4 aliphatic rings. The number of fused-ring (bicyclic) bond motifs is 4. The largest absolute Gasteiger partial charge is 0.336 e. The van der Waals surface area contributed by atoms with Crippen LogP contribution in [0, 0.1) is 11.8 Å². The Kier molecular flexibility index (Phi) is 6.47. The highest BCUT2D eigenvalue weighted by Crippen LogP contribution is 2.37. The Bertz CT molecular complexity index is 1010. The molecule has 6 heteroatoms. The number of benzene rings is 2. The molecule has 3 saturated heterocycles. The maximum Gasteiger partial charge on any atom is 0.319 e. The summed E-state index contributed by atoms with van der Waals surface area (Å²) in [6.45, 7) is 7.94. The quantitative estimate of drug-likeness (QED) is 0.663. The van der Waals surface area contributed by atoms with Gasteiger partial charge in [0.05, 0.1) is 0 Å². The van der Waals surface area contributed by atoms with Gasteiger partial charge in [-0.2, -0.15) is 0 Å². The first-order valence-corrected chi connectivity index (χ1v) is 12.2. The SMILES string of the molecule is CC(=O)c1ccc(NC(=O)NC[C@@H]2C[C@H]3CCN2C[C@@H]3CN2CCc3ccccc3C2)cc1. The fraction of sp³-hybridized carbons (Fsp3) is 0.481. The second-order valence-corrected chi connectivity index (χ2v) is 9.92. The summed E-state index contributed by atoms with van der Waals surface area (Å²) in [6.07, 6.45) is 3.61. The molecule has 4 atom stereocenters. The van der Waals surface area contributed by atoms with Crippen molar-refractivity contribution in [1.82, 2.24) is 15.1 Å². The third kappa shape index (κ3) is 5.12. The highest BCUT2D eigenvalue weighted by molar-refractivity contribution is 5.95. The molecule has 6 rings (SSSR count). The number of Topliss-reactive ketones (excluding diaryl/α,β-unsaturated/α-hetero) is 1. The molecule has 4 aliphatic heterocycles. The molecule has 0 aromatic heterocycles. The van der Waals surface area contributed by atoms with Crippen molar-refractivity contribution in [2.45, 2.75) is 38.8 Å². The number of ketones is 1. The van der Waals surface area contributed by atoms with Crippen LogP contribution in [0.3, 0.4) is 0 Å². The maximum absolute atomic E-state index is 12.4. The Labute approximate surface area is 196 Å². The van der Waals surface area contributed by atoms with Crippen molar-refractivity contribution in [2.24, 2.45) is 11.8 Å². The van der Waals surface area contributed by atoms with Crippen LogP contribution < -0.4 is 10.6 Å². The number of urea groups is 1. The third-order valence-corrected chi connectivity index (χ3v) is 7.76. The van der Waals surface area contributed by atoms with Gasteiger partial charge in [-0.3, -0.25) is 14.6 Å². The number of nitrogens with one attached hydrogen (secondary N) is 2. The monoisotopic (exact) mass is 446 g/mol. The third-order valence-electron chi connectivity index (χ3n) is 7.76. The highest BCUT2D eigenvalue weighted by atomic mass is 16.2. The predicted molar refractivity (Wildman–Crippen MR) is 130 cm³/mol. The minimum atomic E-state index is -0.184. The summed E-state index contributed by atoms with van der Waals surface area (Å²) < 4.78 is 0. The lowest BCUT2D eigenvalue weighted by Gasteiger charge is -2.51. The van der Waals surface area contributed by atoms with Gasteiger partial charge >= 0.3 is 6.03 Å². The molecule has 0 radical (unpaired) electrons. The summed E-state index contributed by atoms with van der Waals surface area (Å²) in [4.78, 5) is 29.0. The summed E-state index contributed by atoms with van der Waals surface area (Å²) in [6, 6.07) is 16.1. The van der Waals surface area contributed by atoms with E-state index in [-0.39, 0.29) is 11.8 Å². The second-order valence-electron chi connectivity index (χ2n) is 9.92. The van der Waals surface area contributed by atoms with E-state index in [1.807, 2.05) is 0 Å². The van der Waals surface area contributed by atoms with Crippen molar-refractivity contribution in [3.8, 4) is 0 Å². The van der Waals surface area contributed by atoms with Crippen LogP contribution in [0.25, 0.3) is 0 Å². The normalized spacial score (nSPS) is 26.5. The summed E-state index contributed by atoms with van der Waals surface area (Å²) in [7, 11) is 0. The molecule has 174 valence electrons. The van der Waals surface area contributed by atoms with Crippen molar-refractivity contribution < 1.29 is 9.59 Å². The molecule has 2 N–H and O–H groups in total. The Hall–Kier alpha value is -2.70. The average molecular weight is 447 g/mol. The van der Waals surface area contributed by atoms with Gasteiger partial charge in [0, 0.05) is 50.0 Å². The Morgan fingerprint density at radius 1 is 1.03 bits per heavy atom. The van der Waals surface area contributed by atoms with Gasteiger partial charge in [-0.05, 0) is 80.0 Å². The first-order valence-electron chi connectivity index (χ1n) is 12.2. The predicted octanol–water partition coefficient (Wildman–Crippen LogP) is 3.78. The van der Waals surface area contributed by atoms with Crippen LogP contribution in [0.15, 0.2) is 48.5 Å². The number of nitrogens with zero attached hydrogens (tertiary/aromatic N) is 2. The minimum absolute atomic E-state index is 0.0239. The molecular formula is C27H34N4O2. The van der Waals surface area contributed by atoms with Crippen molar-refractivity contribution in [2.75, 3.05) is 38.0 Å². The number of carbonyl (C=O) groups excluding carboxylic acids is 2. The Morgan fingerprint density at radius 3 is 2.55 bits per heavy atom. The summed E-state index contributed by atoms with van der Waals surface area (Å²) >= 11 is 0. The van der Waals surface area contributed by atoms with Crippen LogP contribution >= 0.6 is 0 Å². The van der Waals surface area contributed by atoms with Crippen LogP contribution in [0.4, 0.5) is 10.5 Å². The average Bonchev–Trinajstić information content (AvgIpc) is 2.83. The van der Waals surface area contributed by atoms with Crippen LogP contribution in [-0.4, -0.2) is 60.4 Å². The van der Waals surface area contributed by atoms with Crippen LogP contribution in [0.2, 0.25) is 0 Å². The first-order chi connectivity index (χ1) is 16.0. The number of amides is 2. The Morgan fingerprint density at radius 2 is 1.82 bits per heavy atom. The van der Waals surface area contributed by atoms with Gasteiger partial charge in [0.25, 0.3) is 0 Å². The van der Waals surface area contributed by atoms with E-state index in [1.165, 1.54) is 37.1 Å². The zero-order valence-corrected chi connectivity index (χ0v) is 19.4. The molecule has 2 aromatic carbocycles. The lowest BCUT2D eigenvalue weighted by molar-refractivity contribution is -0.0124. The molecule has 2 amide bonds. The number of carbonyl (C=O) groups is 2. The molecule has 6 nitrogen and oxygen atoms in total. The van der Waals surface area contributed by atoms with Gasteiger partial charge < -0.3 is 10.6 Å². The van der Waals surface area contributed by atoms with Gasteiger partial charge in [0.2, 0.25) is 0 Å². The van der Waals surface area contributed by atoms with E-state index in [2.05, 4.69) is 44.7 Å². The molecule has 1 unspecified atom stereocenters. The fourth-order valence-corrected chi connectivity index (χ4v) is 5.88. The fourth-order valence-electron chi connectivity index (χ4n) is 5.88.